The van der Waals surface area contributed by atoms with Gasteiger partial charge in [-0.2, -0.15) is 16.1 Å². The summed E-state index contributed by atoms with van der Waals surface area (Å²) < 4.78 is 26.3. The van der Waals surface area contributed by atoms with Crippen molar-refractivity contribution >= 4 is 33.1 Å². The van der Waals surface area contributed by atoms with Crippen molar-refractivity contribution in [2.75, 3.05) is 32.1 Å². The molecule has 0 aliphatic rings. The maximum absolute atomic E-state index is 12.2. The molecule has 0 amide bonds. The van der Waals surface area contributed by atoms with Crippen molar-refractivity contribution in [1.82, 2.24) is 9.62 Å². The fourth-order valence-corrected chi connectivity index (χ4v) is 4.51. The Morgan fingerprint density at radius 2 is 2.22 bits per heavy atom. The first kappa shape index (κ1) is 16.0. The molecule has 0 aliphatic heterocycles. The average Bonchev–Trinajstić information content (AvgIpc) is 2.82. The minimum Gasteiger partial charge on any atom is -0.313 e. The van der Waals surface area contributed by atoms with Crippen LogP contribution in [0.25, 0.3) is 0 Å². The van der Waals surface area contributed by atoms with Gasteiger partial charge in [-0.15, -0.1) is 11.3 Å². The van der Waals surface area contributed by atoms with Gasteiger partial charge in [-0.25, -0.2) is 8.42 Å². The molecule has 0 saturated heterocycles. The predicted octanol–water partition coefficient (Wildman–Crippen LogP) is 1.84. The summed E-state index contributed by atoms with van der Waals surface area (Å²) in [7, 11) is -1.67. The van der Waals surface area contributed by atoms with Crippen LogP contribution >= 0.6 is 23.1 Å². The van der Waals surface area contributed by atoms with Crippen LogP contribution in [-0.4, -0.2) is 44.9 Å². The van der Waals surface area contributed by atoms with Crippen molar-refractivity contribution in [2.24, 2.45) is 0 Å². The molecule has 0 aromatic carbocycles. The van der Waals surface area contributed by atoms with Crippen LogP contribution in [0.4, 0.5) is 0 Å². The van der Waals surface area contributed by atoms with Gasteiger partial charge in [-0.3, -0.25) is 0 Å². The van der Waals surface area contributed by atoms with Gasteiger partial charge in [0.25, 0.3) is 10.0 Å². The molecule has 1 rings (SSSR count). The molecule has 0 saturated carbocycles. The fraction of sp³-hybridized carbons (Fsp3) is 0.636. The molecule has 0 spiro atoms. The van der Waals surface area contributed by atoms with Gasteiger partial charge in [0, 0.05) is 25.9 Å². The lowest BCUT2D eigenvalue weighted by Crippen LogP contribution is -2.28. The molecule has 0 bridgehead atoms. The van der Waals surface area contributed by atoms with Crippen molar-refractivity contribution in [2.45, 2.75) is 17.7 Å². The molecule has 1 aromatic heterocycles. The lowest BCUT2D eigenvalue weighted by Gasteiger charge is -2.14. The number of hydrogen-bond donors (Lipinski definition) is 1. The first-order valence-corrected chi connectivity index (χ1v) is 9.47. The minimum absolute atomic E-state index is 0.430. The molecule has 18 heavy (non-hydrogen) atoms. The first-order valence-electron chi connectivity index (χ1n) is 5.75. The van der Waals surface area contributed by atoms with Gasteiger partial charge in [-0.05, 0) is 29.8 Å². The van der Waals surface area contributed by atoms with Crippen molar-refractivity contribution in [3.05, 3.63) is 17.0 Å². The van der Waals surface area contributed by atoms with Crippen LogP contribution in [0, 0.1) is 0 Å². The standard InChI is InChI=1S/C11H20N2O2S3/c1-4-12-8-10-7-11(17-9-10)18(14,15)13(2)5-6-16-3/h7,9,12H,4-6,8H2,1-3H3. The number of rotatable bonds is 8. The average molecular weight is 308 g/mol. The highest BCUT2D eigenvalue weighted by molar-refractivity contribution is 7.98. The molecule has 1 heterocycles. The maximum Gasteiger partial charge on any atom is 0.252 e. The molecule has 1 aromatic rings. The second-order valence-corrected chi connectivity index (χ2v) is 8.04. The third-order valence-corrected chi connectivity index (χ3v) is 6.40. The lowest BCUT2D eigenvalue weighted by molar-refractivity contribution is 0.490. The summed E-state index contributed by atoms with van der Waals surface area (Å²) in [5.74, 6) is 0.811. The van der Waals surface area contributed by atoms with Gasteiger partial charge in [0.2, 0.25) is 0 Å². The zero-order valence-electron chi connectivity index (χ0n) is 11.0. The van der Waals surface area contributed by atoms with E-state index >= 15 is 0 Å². The Balaban J connectivity index is 2.75. The number of hydrogen-bond acceptors (Lipinski definition) is 5. The van der Waals surface area contributed by atoms with Crippen molar-refractivity contribution in [1.29, 1.82) is 0 Å². The highest BCUT2D eigenvalue weighted by Gasteiger charge is 2.22. The molecule has 7 heteroatoms. The van der Waals surface area contributed by atoms with Crippen LogP contribution in [0.5, 0.6) is 0 Å². The van der Waals surface area contributed by atoms with Crippen molar-refractivity contribution < 1.29 is 8.42 Å². The minimum atomic E-state index is -3.30. The number of sulfonamides is 1. The normalized spacial score (nSPS) is 12.2. The van der Waals surface area contributed by atoms with Crippen LogP contribution < -0.4 is 5.32 Å². The van der Waals surface area contributed by atoms with Gasteiger partial charge in [0.05, 0.1) is 0 Å². The summed E-state index contributed by atoms with van der Waals surface area (Å²) in [5, 5.41) is 5.09. The summed E-state index contributed by atoms with van der Waals surface area (Å²) in [4.78, 5) is 0. The summed E-state index contributed by atoms with van der Waals surface area (Å²) in [6, 6.07) is 1.76. The molecule has 4 nitrogen and oxygen atoms in total. The van der Waals surface area contributed by atoms with E-state index < -0.39 is 10.0 Å². The Hall–Kier alpha value is -0.0800. The molecule has 0 unspecified atom stereocenters. The molecule has 0 radical (unpaired) electrons. The highest BCUT2D eigenvalue weighted by atomic mass is 32.2. The van der Waals surface area contributed by atoms with Gasteiger partial charge >= 0.3 is 0 Å². The molecule has 104 valence electrons. The third-order valence-electron chi connectivity index (χ3n) is 2.48. The molecule has 0 aliphatic carbocycles. The first-order chi connectivity index (χ1) is 8.52. The quantitative estimate of drug-likeness (QED) is 0.796. The van der Waals surface area contributed by atoms with E-state index in [2.05, 4.69) is 5.32 Å². The van der Waals surface area contributed by atoms with E-state index in [1.807, 2.05) is 18.6 Å². The molecular formula is C11H20N2O2S3. The SMILES string of the molecule is CCNCc1csc(S(=O)(=O)N(C)CCSC)c1. The van der Waals surface area contributed by atoms with E-state index in [0.29, 0.717) is 10.8 Å². The summed E-state index contributed by atoms with van der Waals surface area (Å²) in [5.41, 5.74) is 1.03. The zero-order chi connectivity index (χ0) is 13.6. The second-order valence-electron chi connectivity index (χ2n) is 3.87. The van der Waals surface area contributed by atoms with E-state index in [-0.39, 0.29) is 0 Å². The van der Waals surface area contributed by atoms with Crippen LogP contribution in [0.15, 0.2) is 15.7 Å². The Morgan fingerprint density at radius 3 is 2.83 bits per heavy atom. The van der Waals surface area contributed by atoms with Crippen molar-refractivity contribution in [3.8, 4) is 0 Å². The second kappa shape index (κ2) is 7.49. The molecule has 0 atom stereocenters. The largest absolute Gasteiger partial charge is 0.313 e. The summed E-state index contributed by atoms with van der Waals surface area (Å²) in [6.07, 6.45) is 1.97. The van der Waals surface area contributed by atoms with Crippen LogP contribution in [0.2, 0.25) is 0 Å². The summed E-state index contributed by atoms with van der Waals surface area (Å²) >= 11 is 2.94. The zero-order valence-corrected chi connectivity index (χ0v) is 13.4. The number of nitrogens with zero attached hydrogens (tertiary/aromatic N) is 1. The number of thiophene rings is 1. The molecular weight excluding hydrogens is 288 g/mol. The van der Waals surface area contributed by atoms with Gasteiger partial charge in [0.1, 0.15) is 4.21 Å². The van der Waals surface area contributed by atoms with E-state index in [4.69, 9.17) is 0 Å². The maximum atomic E-state index is 12.2. The smallest absolute Gasteiger partial charge is 0.252 e. The summed E-state index contributed by atoms with van der Waals surface area (Å²) in [6.45, 7) is 4.17. The van der Waals surface area contributed by atoms with Crippen molar-refractivity contribution in [3.63, 3.8) is 0 Å². The highest BCUT2D eigenvalue weighted by Crippen LogP contribution is 2.23. The third kappa shape index (κ3) is 4.24. The van der Waals surface area contributed by atoms with Gasteiger partial charge < -0.3 is 5.32 Å². The van der Waals surface area contributed by atoms with Gasteiger partial charge in [0.15, 0.2) is 0 Å². The predicted molar refractivity (Wildman–Crippen MR) is 79.9 cm³/mol. The number of nitrogens with one attached hydrogen (secondary N) is 1. The van der Waals surface area contributed by atoms with E-state index in [1.165, 1.54) is 15.6 Å². The Morgan fingerprint density at radius 1 is 1.50 bits per heavy atom. The molecule has 0 fully saturated rings. The van der Waals surface area contributed by atoms with E-state index in [9.17, 15) is 8.42 Å². The topological polar surface area (TPSA) is 49.4 Å². The monoisotopic (exact) mass is 308 g/mol. The fourth-order valence-electron chi connectivity index (χ4n) is 1.34. The van der Waals surface area contributed by atoms with Crippen LogP contribution in [0.3, 0.4) is 0 Å². The lowest BCUT2D eigenvalue weighted by atomic mass is 10.3. The van der Waals surface area contributed by atoms with Gasteiger partial charge in [-0.1, -0.05) is 6.92 Å². The van der Waals surface area contributed by atoms with Crippen LogP contribution in [0.1, 0.15) is 12.5 Å². The Bertz CT molecular complexity index is 457. The van der Waals surface area contributed by atoms with Crippen LogP contribution in [-0.2, 0) is 16.6 Å². The Labute approximate surface area is 118 Å². The number of thioether (sulfide) groups is 1. The van der Waals surface area contributed by atoms with E-state index in [1.54, 1.807) is 24.9 Å². The Kier molecular flexibility index (Phi) is 6.65. The van der Waals surface area contributed by atoms with E-state index in [0.717, 1.165) is 24.4 Å². The molecule has 1 N–H and O–H groups in total.